The van der Waals surface area contributed by atoms with Crippen molar-refractivity contribution in [3.05, 3.63) is 29.6 Å². The van der Waals surface area contributed by atoms with E-state index >= 15 is 0 Å². The molecule has 1 aromatic carbocycles. The fourth-order valence-electron chi connectivity index (χ4n) is 2.35. The van der Waals surface area contributed by atoms with Crippen LogP contribution in [0.1, 0.15) is 36.5 Å². The second kappa shape index (κ2) is 4.64. The van der Waals surface area contributed by atoms with Crippen molar-refractivity contribution in [2.24, 2.45) is 0 Å². The van der Waals surface area contributed by atoms with E-state index in [2.05, 4.69) is 11.8 Å². The lowest BCUT2D eigenvalue weighted by Crippen LogP contribution is -2.38. The largest absolute Gasteiger partial charge is 0.368 e. The zero-order valence-corrected chi connectivity index (χ0v) is 9.45. The lowest BCUT2D eigenvalue weighted by molar-refractivity contribution is 0.112. The van der Waals surface area contributed by atoms with Crippen molar-refractivity contribution in [3.63, 3.8) is 0 Å². The minimum Gasteiger partial charge on any atom is -0.368 e. The fraction of sp³-hybridized carbons (Fsp3) is 0.462. The van der Waals surface area contributed by atoms with Crippen LogP contribution in [0.5, 0.6) is 0 Å². The summed E-state index contributed by atoms with van der Waals surface area (Å²) in [6.45, 7) is 3.03. The average molecular weight is 221 g/mol. The van der Waals surface area contributed by atoms with Gasteiger partial charge in [-0.15, -0.1) is 0 Å². The highest BCUT2D eigenvalue weighted by atomic mass is 19.1. The minimum absolute atomic E-state index is 0.191. The van der Waals surface area contributed by atoms with Crippen molar-refractivity contribution >= 4 is 12.0 Å². The van der Waals surface area contributed by atoms with Crippen LogP contribution in [-0.2, 0) is 0 Å². The molecule has 0 amide bonds. The first-order chi connectivity index (χ1) is 7.74. The third-order valence-electron chi connectivity index (χ3n) is 3.26. The minimum atomic E-state index is -0.426. The van der Waals surface area contributed by atoms with E-state index in [1.54, 1.807) is 6.07 Å². The maximum atomic E-state index is 13.5. The number of anilines is 1. The molecule has 1 unspecified atom stereocenters. The van der Waals surface area contributed by atoms with Crippen LogP contribution in [0.3, 0.4) is 0 Å². The Labute approximate surface area is 95.1 Å². The normalized spacial score (nSPS) is 20.9. The van der Waals surface area contributed by atoms with Crippen molar-refractivity contribution in [1.82, 2.24) is 0 Å². The van der Waals surface area contributed by atoms with Crippen LogP contribution >= 0.6 is 0 Å². The third kappa shape index (κ3) is 1.94. The molecule has 1 heterocycles. The van der Waals surface area contributed by atoms with Crippen molar-refractivity contribution in [2.45, 2.75) is 32.2 Å². The van der Waals surface area contributed by atoms with Crippen molar-refractivity contribution < 1.29 is 9.18 Å². The SMILES string of the molecule is CC1CCCCN1c1cccc(F)c1C=O. The van der Waals surface area contributed by atoms with E-state index in [-0.39, 0.29) is 5.56 Å². The summed E-state index contributed by atoms with van der Waals surface area (Å²) in [4.78, 5) is 13.1. The zero-order valence-electron chi connectivity index (χ0n) is 9.45. The Morgan fingerprint density at radius 1 is 1.44 bits per heavy atom. The van der Waals surface area contributed by atoms with E-state index < -0.39 is 5.82 Å². The maximum Gasteiger partial charge on any atom is 0.155 e. The van der Waals surface area contributed by atoms with Gasteiger partial charge in [-0.25, -0.2) is 4.39 Å². The molecule has 2 nitrogen and oxygen atoms in total. The molecule has 0 N–H and O–H groups in total. The molecule has 1 aliphatic heterocycles. The fourth-order valence-corrected chi connectivity index (χ4v) is 2.35. The monoisotopic (exact) mass is 221 g/mol. The van der Waals surface area contributed by atoms with Gasteiger partial charge in [-0.2, -0.15) is 0 Å². The summed E-state index contributed by atoms with van der Waals surface area (Å²) in [6.07, 6.45) is 4.04. The smallest absolute Gasteiger partial charge is 0.155 e. The van der Waals surface area contributed by atoms with Gasteiger partial charge in [0.05, 0.1) is 11.3 Å². The Morgan fingerprint density at radius 2 is 2.25 bits per heavy atom. The van der Waals surface area contributed by atoms with Gasteiger partial charge in [0.25, 0.3) is 0 Å². The van der Waals surface area contributed by atoms with E-state index in [1.807, 2.05) is 6.07 Å². The summed E-state index contributed by atoms with van der Waals surface area (Å²) < 4.78 is 13.5. The molecule has 3 heteroatoms. The number of carbonyl (C=O) groups is 1. The molecular weight excluding hydrogens is 205 g/mol. The average Bonchev–Trinajstić information content (AvgIpc) is 2.29. The lowest BCUT2D eigenvalue weighted by Gasteiger charge is -2.36. The standard InChI is InChI=1S/C13H16FNO/c1-10-5-2-3-8-15(10)13-7-4-6-12(14)11(13)9-16/h4,6-7,9-10H,2-3,5,8H2,1H3. The van der Waals surface area contributed by atoms with Crippen LogP contribution in [0, 0.1) is 5.82 Å². The second-order valence-corrected chi connectivity index (χ2v) is 4.33. The van der Waals surface area contributed by atoms with Crippen LogP contribution < -0.4 is 4.90 Å². The van der Waals surface area contributed by atoms with Gasteiger partial charge in [0.2, 0.25) is 0 Å². The predicted octanol–water partition coefficient (Wildman–Crippen LogP) is 3.02. The number of aldehydes is 1. The van der Waals surface area contributed by atoms with Crippen LogP contribution in [0.4, 0.5) is 10.1 Å². The highest BCUT2D eigenvalue weighted by molar-refractivity contribution is 5.85. The van der Waals surface area contributed by atoms with Gasteiger partial charge >= 0.3 is 0 Å². The number of nitrogens with zero attached hydrogens (tertiary/aromatic N) is 1. The maximum absolute atomic E-state index is 13.5. The second-order valence-electron chi connectivity index (χ2n) is 4.33. The summed E-state index contributed by atoms with van der Waals surface area (Å²) in [5.41, 5.74) is 0.929. The van der Waals surface area contributed by atoms with Crippen LogP contribution in [0.2, 0.25) is 0 Å². The highest BCUT2D eigenvalue weighted by Crippen LogP contribution is 2.28. The van der Waals surface area contributed by atoms with E-state index in [0.29, 0.717) is 12.3 Å². The molecule has 86 valence electrons. The molecule has 0 aromatic heterocycles. The summed E-state index contributed by atoms with van der Waals surface area (Å²) in [5, 5.41) is 0. The molecule has 0 aliphatic carbocycles. The van der Waals surface area contributed by atoms with E-state index in [0.717, 1.165) is 25.1 Å². The van der Waals surface area contributed by atoms with E-state index in [9.17, 15) is 9.18 Å². The molecule has 1 fully saturated rings. The van der Waals surface area contributed by atoms with Gasteiger partial charge in [0.15, 0.2) is 6.29 Å². The first-order valence-electron chi connectivity index (χ1n) is 5.74. The number of rotatable bonds is 2. The molecule has 1 aromatic rings. The zero-order chi connectivity index (χ0) is 11.5. The number of carbonyl (C=O) groups excluding carboxylic acids is 1. The molecule has 2 rings (SSSR count). The molecule has 0 radical (unpaired) electrons. The molecular formula is C13H16FNO. The first-order valence-corrected chi connectivity index (χ1v) is 5.74. The Bertz CT molecular complexity index is 392. The lowest BCUT2D eigenvalue weighted by atomic mass is 10.0. The summed E-state index contributed by atoms with van der Waals surface area (Å²) in [5.74, 6) is -0.426. The summed E-state index contributed by atoms with van der Waals surface area (Å²) in [6, 6.07) is 5.21. The van der Waals surface area contributed by atoms with Gasteiger partial charge < -0.3 is 4.90 Å². The predicted molar refractivity (Wildman–Crippen MR) is 62.4 cm³/mol. The number of hydrogen-bond acceptors (Lipinski definition) is 2. The van der Waals surface area contributed by atoms with Crippen molar-refractivity contribution in [3.8, 4) is 0 Å². The molecule has 0 bridgehead atoms. The van der Waals surface area contributed by atoms with E-state index in [1.165, 1.54) is 12.5 Å². The third-order valence-corrected chi connectivity index (χ3v) is 3.26. The summed E-state index contributed by atoms with van der Waals surface area (Å²) >= 11 is 0. The van der Waals surface area contributed by atoms with Gasteiger partial charge in [-0.05, 0) is 38.3 Å². The van der Waals surface area contributed by atoms with Crippen LogP contribution in [0.25, 0.3) is 0 Å². The van der Waals surface area contributed by atoms with Crippen LogP contribution in [0.15, 0.2) is 18.2 Å². The number of benzene rings is 1. The Hall–Kier alpha value is -1.38. The Balaban J connectivity index is 2.38. The molecule has 0 spiro atoms. The Morgan fingerprint density at radius 3 is 2.94 bits per heavy atom. The topological polar surface area (TPSA) is 20.3 Å². The molecule has 1 atom stereocenters. The van der Waals surface area contributed by atoms with Gasteiger partial charge in [0, 0.05) is 12.6 Å². The number of piperidine rings is 1. The summed E-state index contributed by atoms with van der Waals surface area (Å²) in [7, 11) is 0. The first kappa shape index (κ1) is 11.1. The van der Waals surface area contributed by atoms with Gasteiger partial charge in [0.1, 0.15) is 5.82 Å². The number of hydrogen-bond donors (Lipinski definition) is 0. The molecule has 1 saturated heterocycles. The van der Waals surface area contributed by atoms with Gasteiger partial charge in [-0.1, -0.05) is 6.07 Å². The molecule has 0 saturated carbocycles. The molecule has 1 aliphatic rings. The Kier molecular flexibility index (Phi) is 3.22. The molecule has 16 heavy (non-hydrogen) atoms. The quantitative estimate of drug-likeness (QED) is 0.715. The van der Waals surface area contributed by atoms with Crippen molar-refractivity contribution in [2.75, 3.05) is 11.4 Å². The van der Waals surface area contributed by atoms with Crippen LogP contribution in [-0.4, -0.2) is 18.9 Å². The van der Waals surface area contributed by atoms with Gasteiger partial charge in [-0.3, -0.25) is 4.79 Å². The highest BCUT2D eigenvalue weighted by Gasteiger charge is 2.21. The number of halogens is 1. The van der Waals surface area contributed by atoms with Crippen molar-refractivity contribution in [1.29, 1.82) is 0 Å². The van der Waals surface area contributed by atoms with E-state index in [4.69, 9.17) is 0 Å².